The minimum absolute atomic E-state index is 0.120. The van der Waals surface area contributed by atoms with E-state index in [1.54, 1.807) is 37.2 Å². The Kier molecular flexibility index (Phi) is 4.07. The van der Waals surface area contributed by atoms with Crippen molar-refractivity contribution in [1.29, 1.82) is 0 Å². The smallest absolute Gasteiger partial charge is 0.377 e. The van der Waals surface area contributed by atoms with E-state index < -0.39 is 4.92 Å². The summed E-state index contributed by atoms with van der Waals surface area (Å²) in [7, 11) is 3.58. The minimum atomic E-state index is -0.515. The predicted octanol–water partition coefficient (Wildman–Crippen LogP) is 2.60. The number of hydrogen-bond donors (Lipinski definition) is 1. The fourth-order valence-corrected chi connectivity index (χ4v) is 1.63. The number of azo groups is 1. The molecule has 0 aliphatic rings. The lowest BCUT2D eigenvalue weighted by Crippen LogP contribution is -2.28. The van der Waals surface area contributed by atoms with Crippen molar-refractivity contribution >= 4 is 22.9 Å². The average Bonchev–Trinajstić information content (AvgIpc) is 2.46. The molecule has 1 aromatic carbocycles. The van der Waals surface area contributed by atoms with Gasteiger partial charge in [0.15, 0.2) is 5.69 Å². The molecule has 1 N–H and O–H groups in total. The third-order valence-corrected chi connectivity index (χ3v) is 2.75. The van der Waals surface area contributed by atoms with E-state index >= 15 is 0 Å². The Bertz CT molecular complexity index is 700. The highest BCUT2D eigenvalue weighted by atomic mass is 16.6. The van der Waals surface area contributed by atoms with Crippen molar-refractivity contribution in [2.24, 2.45) is 10.2 Å². The second kappa shape index (κ2) is 5.95. The van der Waals surface area contributed by atoms with E-state index in [0.29, 0.717) is 5.69 Å². The van der Waals surface area contributed by atoms with Gasteiger partial charge in [0.2, 0.25) is 0 Å². The highest BCUT2D eigenvalue weighted by molar-refractivity contribution is 5.65. The topological polar surface area (TPSA) is 95.2 Å². The fourth-order valence-electron chi connectivity index (χ4n) is 1.63. The van der Waals surface area contributed by atoms with Gasteiger partial charge in [-0.2, -0.15) is 0 Å². The summed E-state index contributed by atoms with van der Waals surface area (Å²) in [5.41, 5.74) is 0.664. The van der Waals surface area contributed by atoms with Gasteiger partial charge in [-0.25, -0.2) is 0 Å². The lowest BCUT2D eigenvalue weighted by Gasteiger charge is -2.11. The first kappa shape index (κ1) is 14.4. The number of rotatable bonds is 4. The van der Waals surface area contributed by atoms with Gasteiger partial charge in [0.05, 0.1) is 10.0 Å². The lowest BCUT2D eigenvalue weighted by molar-refractivity contribution is -0.894. The Balaban J connectivity index is 2.40. The van der Waals surface area contributed by atoms with Gasteiger partial charge in [-0.1, -0.05) is 0 Å². The average molecular weight is 288 g/mol. The highest BCUT2D eigenvalue weighted by Gasteiger charge is 2.17. The molecule has 0 amide bonds. The Morgan fingerprint density at radius 3 is 2.62 bits per heavy atom. The van der Waals surface area contributed by atoms with E-state index in [1.165, 1.54) is 24.4 Å². The normalized spacial score (nSPS) is 10.8. The van der Waals surface area contributed by atoms with Crippen LogP contribution in [0.1, 0.15) is 0 Å². The standard InChI is InChI=1S/C13H14N5O3/c1-16(2)10-6-7-11(12(9-10)18(20)21)14-15-13-5-3-4-8-17(13)19/h3-9,19H,1-2H3/q+1. The van der Waals surface area contributed by atoms with Crippen LogP contribution in [0.5, 0.6) is 0 Å². The molecule has 0 radical (unpaired) electrons. The molecule has 0 bridgehead atoms. The summed E-state index contributed by atoms with van der Waals surface area (Å²) in [5.74, 6) is 0.170. The number of benzene rings is 1. The van der Waals surface area contributed by atoms with Crippen LogP contribution in [0.4, 0.5) is 22.9 Å². The Labute approximate surface area is 120 Å². The molecular formula is C13H14N5O3+. The number of nitrogens with zero attached hydrogens (tertiary/aromatic N) is 5. The van der Waals surface area contributed by atoms with Crippen molar-refractivity contribution in [3.05, 3.63) is 52.7 Å². The maximum absolute atomic E-state index is 11.1. The van der Waals surface area contributed by atoms with Crippen molar-refractivity contribution in [3.63, 3.8) is 0 Å². The van der Waals surface area contributed by atoms with E-state index in [9.17, 15) is 15.3 Å². The van der Waals surface area contributed by atoms with Crippen LogP contribution in [0.25, 0.3) is 0 Å². The third kappa shape index (κ3) is 3.30. The fraction of sp³-hybridized carbons (Fsp3) is 0.154. The third-order valence-electron chi connectivity index (χ3n) is 2.75. The van der Waals surface area contributed by atoms with Gasteiger partial charge in [-0.3, -0.25) is 10.1 Å². The highest BCUT2D eigenvalue weighted by Crippen LogP contribution is 2.32. The molecule has 2 rings (SSSR count). The molecule has 0 saturated heterocycles. The second-order valence-corrected chi connectivity index (χ2v) is 4.43. The van der Waals surface area contributed by atoms with Crippen molar-refractivity contribution in [1.82, 2.24) is 0 Å². The monoisotopic (exact) mass is 288 g/mol. The summed E-state index contributed by atoms with van der Waals surface area (Å²) in [6, 6.07) is 9.47. The molecule has 0 aliphatic heterocycles. The van der Waals surface area contributed by atoms with Gasteiger partial charge < -0.3 is 10.1 Å². The van der Waals surface area contributed by atoms with Crippen LogP contribution in [0, 0.1) is 10.1 Å². The van der Waals surface area contributed by atoms with Gasteiger partial charge in [0.25, 0.3) is 0 Å². The molecule has 8 heteroatoms. The van der Waals surface area contributed by atoms with Crippen molar-refractivity contribution in [2.75, 3.05) is 19.0 Å². The molecule has 0 atom stereocenters. The van der Waals surface area contributed by atoms with Gasteiger partial charge >= 0.3 is 11.5 Å². The number of nitro groups is 1. The molecule has 1 heterocycles. The van der Waals surface area contributed by atoms with Crippen LogP contribution in [0.15, 0.2) is 52.8 Å². The van der Waals surface area contributed by atoms with Crippen LogP contribution in [0.2, 0.25) is 0 Å². The molecule has 108 valence electrons. The van der Waals surface area contributed by atoms with Gasteiger partial charge in [-0.05, 0) is 34.1 Å². The number of anilines is 1. The molecule has 1 aromatic heterocycles. The Hall–Kier alpha value is -3.03. The Morgan fingerprint density at radius 2 is 2.00 bits per heavy atom. The first-order valence-corrected chi connectivity index (χ1v) is 6.06. The van der Waals surface area contributed by atoms with Gasteiger partial charge in [-0.15, -0.1) is 0 Å². The quantitative estimate of drug-likeness (QED) is 0.307. The first-order valence-electron chi connectivity index (χ1n) is 6.06. The Morgan fingerprint density at radius 1 is 1.24 bits per heavy atom. The zero-order valence-electron chi connectivity index (χ0n) is 11.5. The summed E-state index contributed by atoms with van der Waals surface area (Å²) in [6.07, 6.45) is 1.39. The zero-order valence-corrected chi connectivity index (χ0v) is 11.5. The first-order chi connectivity index (χ1) is 9.99. The number of nitro benzene ring substituents is 1. The van der Waals surface area contributed by atoms with Crippen molar-refractivity contribution in [3.8, 4) is 0 Å². The van der Waals surface area contributed by atoms with Crippen LogP contribution < -0.4 is 9.63 Å². The number of hydrogen-bond acceptors (Lipinski definition) is 6. The molecule has 0 saturated carbocycles. The largest absolute Gasteiger partial charge is 0.388 e. The van der Waals surface area contributed by atoms with E-state index in [1.807, 2.05) is 0 Å². The lowest BCUT2D eigenvalue weighted by atomic mass is 10.2. The molecular weight excluding hydrogens is 274 g/mol. The van der Waals surface area contributed by atoms with Crippen LogP contribution in [-0.4, -0.2) is 24.2 Å². The van der Waals surface area contributed by atoms with E-state index in [-0.39, 0.29) is 17.2 Å². The van der Waals surface area contributed by atoms with Crippen LogP contribution >= 0.6 is 0 Å². The molecule has 21 heavy (non-hydrogen) atoms. The van der Waals surface area contributed by atoms with Crippen LogP contribution in [-0.2, 0) is 0 Å². The zero-order chi connectivity index (χ0) is 15.4. The molecule has 8 nitrogen and oxygen atoms in total. The van der Waals surface area contributed by atoms with Crippen LogP contribution in [0.3, 0.4) is 0 Å². The van der Waals surface area contributed by atoms with Gasteiger partial charge in [0, 0.05) is 31.9 Å². The summed E-state index contributed by atoms with van der Waals surface area (Å²) in [4.78, 5) is 12.3. The van der Waals surface area contributed by atoms with E-state index in [0.717, 1.165) is 4.73 Å². The van der Waals surface area contributed by atoms with Crippen molar-refractivity contribution < 1.29 is 14.9 Å². The molecule has 0 spiro atoms. The maximum Gasteiger partial charge on any atom is 0.388 e. The van der Waals surface area contributed by atoms with E-state index in [2.05, 4.69) is 10.2 Å². The predicted molar refractivity (Wildman–Crippen MR) is 75.4 cm³/mol. The molecule has 0 unspecified atom stereocenters. The van der Waals surface area contributed by atoms with Crippen molar-refractivity contribution in [2.45, 2.75) is 0 Å². The van der Waals surface area contributed by atoms with E-state index in [4.69, 9.17) is 0 Å². The summed E-state index contributed by atoms with van der Waals surface area (Å²) >= 11 is 0. The molecule has 2 aromatic rings. The summed E-state index contributed by atoms with van der Waals surface area (Å²) in [5, 5.41) is 28.3. The number of aromatic nitrogens is 1. The maximum atomic E-state index is 11.1. The second-order valence-electron chi connectivity index (χ2n) is 4.43. The minimum Gasteiger partial charge on any atom is -0.377 e. The summed E-state index contributed by atoms with van der Waals surface area (Å²) in [6.45, 7) is 0. The molecule has 0 fully saturated rings. The van der Waals surface area contributed by atoms with Gasteiger partial charge in [0.1, 0.15) is 6.20 Å². The molecule has 0 aliphatic carbocycles. The number of pyridine rings is 1. The summed E-state index contributed by atoms with van der Waals surface area (Å²) < 4.78 is 0.781. The SMILES string of the molecule is CN(C)c1ccc(N=Nc2cccc[n+]2O)c([N+](=O)[O-])c1.